The van der Waals surface area contributed by atoms with Crippen LogP contribution in [0.2, 0.25) is 0 Å². The van der Waals surface area contributed by atoms with Crippen LogP contribution in [-0.2, 0) is 10.8 Å². The van der Waals surface area contributed by atoms with Gasteiger partial charge in [0.05, 0.1) is 10.8 Å². The fraction of sp³-hybridized carbons (Fsp3) is 0.500. The standard InChI is InChI=1S/C12H16BrNOS/c1-8-11(14)6-7-12(8)16(15)10-4-2-9(13)3-5-10/h2-5,8,11-12H,6-7,14H2,1H3. The van der Waals surface area contributed by atoms with Gasteiger partial charge in [-0.2, -0.15) is 0 Å². The van der Waals surface area contributed by atoms with Crippen LogP contribution in [0.25, 0.3) is 0 Å². The minimum absolute atomic E-state index is 0.212. The van der Waals surface area contributed by atoms with Gasteiger partial charge in [-0.25, -0.2) is 0 Å². The second-order valence-electron chi connectivity index (χ2n) is 4.39. The maximum absolute atomic E-state index is 12.4. The first-order chi connectivity index (χ1) is 7.59. The number of halogens is 1. The van der Waals surface area contributed by atoms with Crippen molar-refractivity contribution in [3.8, 4) is 0 Å². The van der Waals surface area contributed by atoms with Gasteiger partial charge in [-0.05, 0) is 43.0 Å². The monoisotopic (exact) mass is 301 g/mol. The first-order valence-electron chi connectivity index (χ1n) is 5.51. The van der Waals surface area contributed by atoms with Gasteiger partial charge in [-0.1, -0.05) is 22.9 Å². The van der Waals surface area contributed by atoms with E-state index < -0.39 is 10.8 Å². The summed E-state index contributed by atoms with van der Waals surface area (Å²) in [6.07, 6.45) is 1.97. The average Bonchev–Trinajstić information content (AvgIpc) is 2.60. The third-order valence-corrected chi connectivity index (χ3v) is 5.85. The lowest BCUT2D eigenvalue weighted by Crippen LogP contribution is -2.29. The lowest BCUT2D eigenvalue weighted by molar-refractivity contribution is 0.526. The van der Waals surface area contributed by atoms with Crippen molar-refractivity contribution >= 4 is 26.7 Å². The van der Waals surface area contributed by atoms with Gasteiger partial charge in [0.1, 0.15) is 0 Å². The number of rotatable bonds is 2. The maximum Gasteiger partial charge on any atom is 0.0564 e. The Morgan fingerprint density at radius 1 is 1.31 bits per heavy atom. The molecule has 2 rings (SSSR count). The van der Waals surface area contributed by atoms with Crippen LogP contribution in [0.4, 0.5) is 0 Å². The zero-order valence-corrected chi connectivity index (χ0v) is 11.6. The molecule has 1 aromatic carbocycles. The zero-order chi connectivity index (χ0) is 11.7. The van der Waals surface area contributed by atoms with E-state index in [1.54, 1.807) is 0 Å². The minimum Gasteiger partial charge on any atom is -0.327 e. The second kappa shape index (κ2) is 4.98. The number of hydrogen-bond donors (Lipinski definition) is 1. The van der Waals surface area contributed by atoms with Gasteiger partial charge in [-0.15, -0.1) is 0 Å². The molecule has 2 nitrogen and oxygen atoms in total. The van der Waals surface area contributed by atoms with Crippen LogP contribution < -0.4 is 5.73 Å². The van der Waals surface area contributed by atoms with E-state index in [0.29, 0.717) is 5.92 Å². The largest absolute Gasteiger partial charge is 0.327 e. The summed E-state index contributed by atoms with van der Waals surface area (Å²) < 4.78 is 13.4. The molecule has 0 radical (unpaired) electrons. The van der Waals surface area contributed by atoms with Crippen LogP contribution in [0.1, 0.15) is 19.8 Å². The third-order valence-electron chi connectivity index (χ3n) is 3.37. The topological polar surface area (TPSA) is 43.1 Å². The van der Waals surface area contributed by atoms with E-state index in [2.05, 4.69) is 22.9 Å². The minimum atomic E-state index is -0.919. The van der Waals surface area contributed by atoms with Gasteiger partial charge in [0.15, 0.2) is 0 Å². The van der Waals surface area contributed by atoms with Crippen molar-refractivity contribution in [2.45, 2.75) is 36.0 Å². The fourth-order valence-corrected chi connectivity index (χ4v) is 4.16. The Hall–Kier alpha value is -0.190. The average molecular weight is 302 g/mol. The van der Waals surface area contributed by atoms with Crippen LogP contribution in [0.15, 0.2) is 33.6 Å². The Balaban J connectivity index is 2.16. The molecule has 1 aromatic rings. The lowest BCUT2D eigenvalue weighted by atomic mass is 10.1. The SMILES string of the molecule is CC1C(N)CCC1S(=O)c1ccc(Br)cc1. The number of benzene rings is 1. The van der Waals surface area contributed by atoms with Gasteiger partial charge in [0.25, 0.3) is 0 Å². The van der Waals surface area contributed by atoms with Crippen LogP contribution in [0.5, 0.6) is 0 Å². The lowest BCUT2D eigenvalue weighted by Gasteiger charge is -2.17. The normalized spacial score (nSPS) is 31.6. The van der Waals surface area contributed by atoms with Gasteiger partial charge in [0.2, 0.25) is 0 Å². The van der Waals surface area contributed by atoms with E-state index in [4.69, 9.17) is 5.73 Å². The summed E-state index contributed by atoms with van der Waals surface area (Å²) in [5.41, 5.74) is 5.97. The smallest absolute Gasteiger partial charge is 0.0564 e. The highest BCUT2D eigenvalue weighted by Gasteiger charge is 2.34. The van der Waals surface area contributed by atoms with Crippen LogP contribution >= 0.6 is 15.9 Å². The Kier molecular flexibility index (Phi) is 3.82. The molecule has 0 heterocycles. The van der Waals surface area contributed by atoms with Crippen LogP contribution in [0.3, 0.4) is 0 Å². The van der Waals surface area contributed by atoms with E-state index in [0.717, 1.165) is 22.2 Å². The first kappa shape index (κ1) is 12.3. The summed E-state index contributed by atoms with van der Waals surface area (Å²) in [6, 6.07) is 7.94. The molecule has 2 N–H and O–H groups in total. The highest BCUT2D eigenvalue weighted by molar-refractivity contribution is 9.10. The highest BCUT2D eigenvalue weighted by atomic mass is 79.9. The van der Waals surface area contributed by atoms with E-state index in [-0.39, 0.29) is 11.3 Å². The molecule has 0 bridgehead atoms. The van der Waals surface area contributed by atoms with Crippen molar-refractivity contribution in [2.75, 3.05) is 0 Å². The maximum atomic E-state index is 12.4. The molecule has 0 saturated heterocycles. The Labute approximate surface area is 107 Å². The summed E-state index contributed by atoms with van der Waals surface area (Å²) in [5, 5.41) is 0.219. The second-order valence-corrected chi connectivity index (χ2v) is 6.98. The molecular weight excluding hydrogens is 286 g/mol. The van der Waals surface area contributed by atoms with Crippen molar-refractivity contribution in [1.82, 2.24) is 0 Å². The number of hydrogen-bond acceptors (Lipinski definition) is 2. The Bertz CT molecular complexity index is 393. The predicted molar refractivity (Wildman–Crippen MR) is 70.7 cm³/mol. The molecule has 1 aliphatic rings. The Morgan fingerprint density at radius 2 is 1.94 bits per heavy atom. The molecule has 88 valence electrons. The van der Waals surface area contributed by atoms with Crippen molar-refractivity contribution in [2.24, 2.45) is 11.7 Å². The highest BCUT2D eigenvalue weighted by Crippen LogP contribution is 2.31. The predicted octanol–water partition coefficient (Wildman–Crippen LogP) is 2.68. The molecule has 0 amide bonds. The van der Waals surface area contributed by atoms with E-state index in [1.165, 1.54) is 0 Å². The van der Waals surface area contributed by atoms with Crippen LogP contribution in [-0.4, -0.2) is 15.5 Å². The summed E-state index contributed by atoms with van der Waals surface area (Å²) in [5.74, 6) is 0.351. The molecule has 1 aliphatic carbocycles. The summed E-state index contributed by atoms with van der Waals surface area (Å²) in [4.78, 5) is 0.911. The summed E-state index contributed by atoms with van der Waals surface area (Å²) in [7, 11) is -0.919. The van der Waals surface area contributed by atoms with E-state index in [9.17, 15) is 4.21 Å². The third kappa shape index (κ3) is 2.39. The molecule has 0 aliphatic heterocycles. The first-order valence-corrected chi connectivity index (χ1v) is 7.52. The molecular formula is C12H16BrNOS. The molecule has 4 unspecified atom stereocenters. The molecule has 4 heteroatoms. The van der Waals surface area contributed by atoms with Crippen molar-refractivity contribution in [3.05, 3.63) is 28.7 Å². The van der Waals surface area contributed by atoms with E-state index in [1.807, 2.05) is 24.3 Å². The Morgan fingerprint density at radius 3 is 2.44 bits per heavy atom. The van der Waals surface area contributed by atoms with Crippen molar-refractivity contribution in [3.63, 3.8) is 0 Å². The van der Waals surface area contributed by atoms with Crippen molar-refractivity contribution in [1.29, 1.82) is 0 Å². The van der Waals surface area contributed by atoms with Gasteiger partial charge >= 0.3 is 0 Å². The molecule has 0 aromatic heterocycles. The summed E-state index contributed by atoms with van der Waals surface area (Å²) >= 11 is 3.38. The molecule has 1 saturated carbocycles. The van der Waals surface area contributed by atoms with Crippen molar-refractivity contribution < 1.29 is 4.21 Å². The quantitative estimate of drug-likeness (QED) is 0.913. The van der Waals surface area contributed by atoms with E-state index >= 15 is 0 Å². The summed E-state index contributed by atoms with van der Waals surface area (Å²) in [6.45, 7) is 2.11. The van der Waals surface area contributed by atoms with Crippen LogP contribution in [0, 0.1) is 5.92 Å². The molecule has 4 atom stereocenters. The molecule has 16 heavy (non-hydrogen) atoms. The van der Waals surface area contributed by atoms with Gasteiger partial charge in [-0.3, -0.25) is 4.21 Å². The number of nitrogens with two attached hydrogens (primary N) is 1. The molecule has 0 spiro atoms. The van der Waals surface area contributed by atoms with Gasteiger partial charge < -0.3 is 5.73 Å². The van der Waals surface area contributed by atoms with Gasteiger partial charge in [0, 0.05) is 20.7 Å². The zero-order valence-electron chi connectivity index (χ0n) is 9.23. The molecule has 1 fully saturated rings. The fourth-order valence-electron chi connectivity index (χ4n) is 2.20.